The van der Waals surface area contributed by atoms with E-state index in [4.69, 9.17) is 11.6 Å². The van der Waals surface area contributed by atoms with Gasteiger partial charge in [-0.05, 0) is 36.2 Å². The van der Waals surface area contributed by atoms with Crippen molar-refractivity contribution >= 4 is 45.7 Å². The molecule has 2 atom stereocenters. The number of carbonyl (C=O) groups is 2. The second-order valence-corrected chi connectivity index (χ2v) is 8.87. The summed E-state index contributed by atoms with van der Waals surface area (Å²) < 4.78 is 38.7. The van der Waals surface area contributed by atoms with Crippen LogP contribution in [-0.2, 0) is 11.0 Å². The highest BCUT2D eigenvalue weighted by molar-refractivity contribution is 7.18. The van der Waals surface area contributed by atoms with Crippen molar-refractivity contribution in [3.05, 3.63) is 59.1 Å². The Morgan fingerprint density at radius 3 is 2.50 bits per heavy atom. The summed E-state index contributed by atoms with van der Waals surface area (Å²) in [4.78, 5) is 25.4. The zero-order chi connectivity index (χ0) is 24.9. The van der Waals surface area contributed by atoms with Gasteiger partial charge in [0, 0.05) is 16.3 Å². The molecule has 3 rings (SSSR count). The van der Waals surface area contributed by atoms with Gasteiger partial charge < -0.3 is 10.6 Å². The van der Waals surface area contributed by atoms with Crippen molar-refractivity contribution in [2.45, 2.75) is 32.5 Å². The van der Waals surface area contributed by atoms with Crippen LogP contribution in [0.25, 0.3) is 10.6 Å². The van der Waals surface area contributed by atoms with Crippen LogP contribution in [0.3, 0.4) is 0 Å². The molecule has 0 unspecified atom stereocenters. The quantitative estimate of drug-likeness (QED) is 0.359. The van der Waals surface area contributed by atoms with Crippen molar-refractivity contribution in [3.63, 3.8) is 0 Å². The maximum absolute atomic E-state index is 12.9. The molecular weight excluding hydrogens is 491 g/mol. The third kappa shape index (κ3) is 6.67. The minimum absolute atomic E-state index is 0.0501. The molecule has 3 amide bonds. The second kappa shape index (κ2) is 10.8. The molecule has 3 aromatic rings. The molecule has 1 heterocycles. The van der Waals surface area contributed by atoms with Crippen LogP contribution in [0.1, 0.15) is 25.8 Å². The molecule has 7 nitrogen and oxygen atoms in total. The van der Waals surface area contributed by atoms with Crippen molar-refractivity contribution in [2.24, 2.45) is 5.92 Å². The van der Waals surface area contributed by atoms with Crippen LogP contribution < -0.4 is 16.0 Å². The van der Waals surface area contributed by atoms with E-state index in [2.05, 4.69) is 26.1 Å². The first-order chi connectivity index (χ1) is 16.1. The lowest BCUT2D eigenvalue weighted by Crippen LogP contribution is -2.49. The summed E-state index contributed by atoms with van der Waals surface area (Å²) in [5.41, 5.74) is -0.207. The number of hydrogen-bond donors (Lipinski definition) is 3. The predicted octanol–water partition coefficient (Wildman–Crippen LogP) is 6.05. The fourth-order valence-electron chi connectivity index (χ4n) is 2.98. The van der Waals surface area contributed by atoms with Crippen LogP contribution in [0.2, 0.25) is 5.02 Å². The van der Waals surface area contributed by atoms with Crippen molar-refractivity contribution in [1.82, 2.24) is 15.5 Å². The van der Waals surface area contributed by atoms with Crippen LogP contribution >= 0.6 is 22.9 Å². The monoisotopic (exact) mass is 511 g/mol. The number of amides is 3. The molecule has 0 saturated heterocycles. The summed E-state index contributed by atoms with van der Waals surface area (Å²) in [6.07, 6.45) is -3.98. The number of aromatic nitrogens is 2. The van der Waals surface area contributed by atoms with Gasteiger partial charge in [0.1, 0.15) is 11.0 Å². The number of rotatable bonds is 7. The van der Waals surface area contributed by atoms with Crippen LogP contribution in [0.5, 0.6) is 0 Å². The third-order valence-corrected chi connectivity index (χ3v) is 6.08. The fraction of sp³-hybridized carbons (Fsp3) is 0.273. The average molecular weight is 512 g/mol. The highest BCUT2D eigenvalue weighted by Crippen LogP contribution is 2.31. The minimum atomic E-state index is -4.54. The normalized spacial score (nSPS) is 13.1. The van der Waals surface area contributed by atoms with E-state index in [0.29, 0.717) is 16.5 Å². The zero-order valence-electron chi connectivity index (χ0n) is 18.1. The third-order valence-electron chi connectivity index (χ3n) is 4.96. The van der Waals surface area contributed by atoms with Crippen molar-refractivity contribution in [1.29, 1.82) is 0 Å². The number of nitrogens with zero attached hydrogens (tertiary/aromatic N) is 2. The summed E-state index contributed by atoms with van der Waals surface area (Å²) in [6.45, 7) is 3.62. The van der Waals surface area contributed by atoms with E-state index in [-0.39, 0.29) is 16.7 Å². The first kappa shape index (κ1) is 25.4. The molecule has 0 aliphatic heterocycles. The van der Waals surface area contributed by atoms with E-state index in [1.807, 2.05) is 6.92 Å². The molecule has 180 valence electrons. The maximum atomic E-state index is 12.9. The van der Waals surface area contributed by atoms with Crippen molar-refractivity contribution in [2.75, 3.05) is 10.6 Å². The number of carbonyl (C=O) groups excluding carboxylic acids is 2. The lowest BCUT2D eigenvalue weighted by atomic mass is 9.98. The number of alkyl halides is 3. The molecule has 0 aliphatic carbocycles. The summed E-state index contributed by atoms with van der Waals surface area (Å²) >= 11 is 7.14. The van der Waals surface area contributed by atoms with Crippen LogP contribution in [-0.4, -0.2) is 28.2 Å². The number of anilines is 2. The summed E-state index contributed by atoms with van der Waals surface area (Å²) in [5.74, 6) is -0.796. The molecule has 0 radical (unpaired) electrons. The average Bonchev–Trinajstić information content (AvgIpc) is 3.25. The number of urea groups is 1. The van der Waals surface area contributed by atoms with Gasteiger partial charge in [-0.2, -0.15) is 13.2 Å². The SMILES string of the molecule is CC[C@@H](C)[C@@H](NC(=O)Nc1cccc(C(F)(F)F)c1)C(=O)Nc1nnc(-c2cccc(Cl)c2)s1. The number of halogens is 4. The molecule has 0 saturated carbocycles. The van der Waals surface area contributed by atoms with E-state index in [1.54, 1.807) is 31.2 Å². The van der Waals surface area contributed by atoms with E-state index >= 15 is 0 Å². The Morgan fingerprint density at radius 2 is 1.82 bits per heavy atom. The Morgan fingerprint density at radius 1 is 1.09 bits per heavy atom. The van der Waals surface area contributed by atoms with Crippen LogP contribution in [0.15, 0.2) is 48.5 Å². The number of nitrogens with one attached hydrogen (secondary N) is 3. The Kier molecular flexibility index (Phi) is 8.11. The topological polar surface area (TPSA) is 96.0 Å². The smallest absolute Gasteiger partial charge is 0.326 e. The summed E-state index contributed by atoms with van der Waals surface area (Å²) in [7, 11) is 0. The van der Waals surface area contributed by atoms with Gasteiger partial charge >= 0.3 is 12.2 Å². The molecule has 2 aromatic carbocycles. The van der Waals surface area contributed by atoms with Gasteiger partial charge in [0.15, 0.2) is 0 Å². The maximum Gasteiger partial charge on any atom is 0.416 e. The first-order valence-corrected chi connectivity index (χ1v) is 11.4. The predicted molar refractivity (Wildman–Crippen MR) is 126 cm³/mol. The Balaban J connectivity index is 1.69. The minimum Gasteiger partial charge on any atom is -0.326 e. The number of benzene rings is 2. The summed E-state index contributed by atoms with van der Waals surface area (Å²) in [5, 5.41) is 16.9. The molecule has 0 aliphatic rings. The van der Waals surface area contributed by atoms with Gasteiger partial charge in [-0.3, -0.25) is 10.1 Å². The fourth-order valence-corrected chi connectivity index (χ4v) is 3.91. The molecule has 3 N–H and O–H groups in total. The molecule has 34 heavy (non-hydrogen) atoms. The van der Waals surface area contributed by atoms with Gasteiger partial charge in [-0.25, -0.2) is 4.79 Å². The zero-order valence-corrected chi connectivity index (χ0v) is 19.7. The standard InChI is InChI=1S/C22H21ClF3N5O2S/c1-3-12(2)17(28-20(33)27-16-9-5-7-14(11-16)22(24,25)26)18(32)29-21-31-30-19(34-21)13-6-4-8-15(23)10-13/h4-12,17H,3H2,1-2H3,(H2,27,28,33)(H,29,31,32)/t12-,17-/m1/s1. The van der Waals surface area contributed by atoms with Gasteiger partial charge in [0.05, 0.1) is 5.56 Å². The lowest BCUT2D eigenvalue weighted by Gasteiger charge is -2.23. The van der Waals surface area contributed by atoms with E-state index in [9.17, 15) is 22.8 Å². The van der Waals surface area contributed by atoms with Crippen molar-refractivity contribution in [3.8, 4) is 10.6 Å². The van der Waals surface area contributed by atoms with E-state index in [0.717, 1.165) is 29.0 Å². The lowest BCUT2D eigenvalue weighted by molar-refractivity contribution is -0.137. The Hall–Kier alpha value is -3.18. The van der Waals surface area contributed by atoms with Gasteiger partial charge in [-0.1, -0.05) is 61.4 Å². The van der Waals surface area contributed by atoms with Gasteiger partial charge in [0.25, 0.3) is 0 Å². The highest BCUT2D eigenvalue weighted by atomic mass is 35.5. The molecule has 0 fully saturated rings. The molecule has 0 spiro atoms. The molecule has 1 aromatic heterocycles. The van der Waals surface area contributed by atoms with Crippen LogP contribution in [0, 0.1) is 5.92 Å². The Bertz CT molecular complexity index is 1170. The van der Waals surface area contributed by atoms with E-state index in [1.165, 1.54) is 12.1 Å². The number of hydrogen-bond acceptors (Lipinski definition) is 5. The van der Waals surface area contributed by atoms with Gasteiger partial charge in [0.2, 0.25) is 11.0 Å². The molecular formula is C22H21ClF3N5O2S. The first-order valence-electron chi connectivity index (χ1n) is 10.2. The summed E-state index contributed by atoms with van der Waals surface area (Å²) in [6, 6.07) is 9.47. The molecule has 12 heteroatoms. The van der Waals surface area contributed by atoms with E-state index < -0.39 is 29.7 Å². The molecule has 0 bridgehead atoms. The highest BCUT2D eigenvalue weighted by Gasteiger charge is 2.31. The Labute approximate surface area is 202 Å². The second-order valence-electron chi connectivity index (χ2n) is 7.45. The van der Waals surface area contributed by atoms with Crippen molar-refractivity contribution < 1.29 is 22.8 Å². The largest absolute Gasteiger partial charge is 0.416 e. The van der Waals surface area contributed by atoms with Gasteiger partial charge in [-0.15, -0.1) is 10.2 Å². The van der Waals surface area contributed by atoms with Crippen LogP contribution in [0.4, 0.5) is 28.8 Å².